The van der Waals surface area contributed by atoms with Gasteiger partial charge in [-0.15, -0.1) is 12.4 Å². The van der Waals surface area contributed by atoms with E-state index in [4.69, 9.17) is 5.73 Å². The van der Waals surface area contributed by atoms with Crippen LogP contribution in [0.15, 0.2) is 12.1 Å². The molecule has 0 aliphatic carbocycles. The normalized spacial score (nSPS) is 11.9. The number of carbonyl (C=O) groups is 1. The summed E-state index contributed by atoms with van der Waals surface area (Å²) in [6, 6.07) is 1.75. The third-order valence-corrected chi connectivity index (χ3v) is 3.52. The van der Waals surface area contributed by atoms with E-state index in [1.165, 1.54) is 0 Å². The topological polar surface area (TPSA) is 55.1 Å². The van der Waals surface area contributed by atoms with Crippen LogP contribution in [0.1, 0.15) is 30.6 Å². The molecule has 0 bridgehead atoms. The maximum Gasteiger partial charge on any atom is 0.252 e. The van der Waals surface area contributed by atoms with Crippen molar-refractivity contribution in [2.75, 3.05) is 6.54 Å². The third-order valence-electron chi connectivity index (χ3n) is 2.63. The molecule has 1 rings (SSSR count). The summed E-state index contributed by atoms with van der Waals surface area (Å²) < 4.78 is 26.5. The number of benzene rings is 1. The highest BCUT2D eigenvalue weighted by Gasteiger charge is 2.18. The zero-order chi connectivity index (χ0) is 14.6. The summed E-state index contributed by atoms with van der Waals surface area (Å²) in [5.41, 5.74) is 5.72. The van der Waals surface area contributed by atoms with Gasteiger partial charge < -0.3 is 11.1 Å². The van der Waals surface area contributed by atoms with Gasteiger partial charge in [0.05, 0.1) is 5.56 Å². The van der Waals surface area contributed by atoms with Crippen LogP contribution in [0.3, 0.4) is 0 Å². The van der Waals surface area contributed by atoms with Crippen LogP contribution in [0.25, 0.3) is 0 Å². The standard InChI is InChI=1S/C13H17F2IN2O.ClH/c1-7(2)3-8(6-17)18-13(19)9-4-10(14)11(15)5-12(9)16;/h4-5,7-8H,3,6,17H2,1-2H3,(H,18,19);1H. The molecule has 0 saturated heterocycles. The lowest BCUT2D eigenvalue weighted by atomic mass is 10.0. The number of rotatable bonds is 5. The highest BCUT2D eigenvalue weighted by atomic mass is 127. The summed E-state index contributed by atoms with van der Waals surface area (Å²) in [7, 11) is 0. The lowest BCUT2D eigenvalue weighted by molar-refractivity contribution is 0.0932. The third kappa shape index (κ3) is 5.49. The monoisotopic (exact) mass is 418 g/mol. The Bertz CT molecular complexity index is 472. The van der Waals surface area contributed by atoms with Crippen LogP contribution in [0.5, 0.6) is 0 Å². The molecule has 0 aromatic heterocycles. The fraction of sp³-hybridized carbons (Fsp3) is 0.462. The Morgan fingerprint density at radius 2 is 1.90 bits per heavy atom. The predicted molar refractivity (Wildman–Crippen MR) is 86.1 cm³/mol. The second kappa shape index (κ2) is 8.74. The van der Waals surface area contributed by atoms with E-state index in [0.29, 0.717) is 16.0 Å². The van der Waals surface area contributed by atoms with Crippen molar-refractivity contribution in [3.05, 3.63) is 32.9 Å². The van der Waals surface area contributed by atoms with Gasteiger partial charge in [0, 0.05) is 16.2 Å². The van der Waals surface area contributed by atoms with Crippen LogP contribution in [0.4, 0.5) is 8.78 Å². The van der Waals surface area contributed by atoms with Crippen molar-refractivity contribution in [2.45, 2.75) is 26.3 Å². The minimum absolute atomic E-state index is 0. The van der Waals surface area contributed by atoms with E-state index in [2.05, 4.69) is 5.32 Å². The summed E-state index contributed by atoms with van der Waals surface area (Å²) >= 11 is 1.80. The molecule has 0 aliphatic rings. The molecule has 0 spiro atoms. The molecule has 3 nitrogen and oxygen atoms in total. The highest BCUT2D eigenvalue weighted by Crippen LogP contribution is 2.17. The van der Waals surface area contributed by atoms with E-state index in [9.17, 15) is 13.6 Å². The van der Waals surface area contributed by atoms with Gasteiger partial charge >= 0.3 is 0 Å². The molecule has 0 saturated carbocycles. The Kier molecular flexibility index (Phi) is 8.53. The number of halogens is 4. The highest BCUT2D eigenvalue weighted by molar-refractivity contribution is 14.1. The van der Waals surface area contributed by atoms with Crippen molar-refractivity contribution in [2.24, 2.45) is 11.7 Å². The molecule has 20 heavy (non-hydrogen) atoms. The van der Waals surface area contributed by atoms with Gasteiger partial charge in [-0.2, -0.15) is 0 Å². The Morgan fingerprint density at radius 1 is 1.35 bits per heavy atom. The van der Waals surface area contributed by atoms with Gasteiger partial charge in [0.25, 0.3) is 5.91 Å². The molecule has 1 atom stereocenters. The summed E-state index contributed by atoms with van der Waals surface area (Å²) in [6.07, 6.45) is 0.739. The van der Waals surface area contributed by atoms with E-state index in [-0.39, 0.29) is 24.0 Å². The lowest BCUT2D eigenvalue weighted by Gasteiger charge is -2.19. The van der Waals surface area contributed by atoms with Crippen LogP contribution < -0.4 is 11.1 Å². The van der Waals surface area contributed by atoms with Gasteiger partial charge in [0.2, 0.25) is 0 Å². The van der Waals surface area contributed by atoms with E-state index in [0.717, 1.165) is 18.6 Å². The average Bonchev–Trinajstić information content (AvgIpc) is 2.32. The molecule has 114 valence electrons. The fourth-order valence-electron chi connectivity index (χ4n) is 1.74. The second-order valence-electron chi connectivity index (χ2n) is 4.78. The van der Waals surface area contributed by atoms with Crippen molar-refractivity contribution >= 4 is 40.9 Å². The Balaban J connectivity index is 0.00000361. The van der Waals surface area contributed by atoms with E-state index < -0.39 is 17.5 Å². The van der Waals surface area contributed by atoms with Gasteiger partial charge in [0.15, 0.2) is 11.6 Å². The summed E-state index contributed by atoms with van der Waals surface area (Å²) in [4.78, 5) is 12.0. The Hall–Kier alpha value is -0.470. The minimum atomic E-state index is -1.03. The van der Waals surface area contributed by atoms with Gasteiger partial charge in [-0.1, -0.05) is 13.8 Å². The first-order valence-corrected chi connectivity index (χ1v) is 7.08. The smallest absolute Gasteiger partial charge is 0.252 e. The molecule has 0 heterocycles. The van der Waals surface area contributed by atoms with Crippen molar-refractivity contribution in [3.63, 3.8) is 0 Å². The zero-order valence-corrected chi connectivity index (χ0v) is 14.2. The summed E-state index contributed by atoms with van der Waals surface area (Å²) in [6.45, 7) is 4.36. The first-order chi connectivity index (χ1) is 8.85. The fourth-order valence-corrected chi connectivity index (χ4v) is 2.42. The van der Waals surface area contributed by atoms with Gasteiger partial charge in [-0.25, -0.2) is 8.78 Å². The van der Waals surface area contributed by atoms with E-state index in [1.807, 2.05) is 13.8 Å². The number of carbonyl (C=O) groups excluding carboxylic acids is 1. The van der Waals surface area contributed by atoms with Gasteiger partial charge in [-0.3, -0.25) is 4.79 Å². The molecule has 1 aromatic rings. The molecule has 7 heteroatoms. The van der Waals surface area contributed by atoms with E-state index >= 15 is 0 Å². The maximum atomic E-state index is 13.2. The average molecular weight is 419 g/mol. The van der Waals surface area contributed by atoms with Crippen molar-refractivity contribution in [1.29, 1.82) is 0 Å². The summed E-state index contributed by atoms with van der Waals surface area (Å²) in [5.74, 6) is -2.03. The lowest BCUT2D eigenvalue weighted by Crippen LogP contribution is -2.41. The summed E-state index contributed by atoms with van der Waals surface area (Å²) in [5, 5.41) is 2.74. The molecule has 1 unspecified atom stereocenters. The second-order valence-corrected chi connectivity index (χ2v) is 5.94. The first kappa shape index (κ1) is 19.5. The molecular formula is C13H18ClF2IN2O. The number of hydrogen-bond donors (Lipinski definition) is 2. The molecule has 1 aromatic carbocycles. The molecular weight excluding hydrogens is 401 g/mol. The van der Waals surface area contributed by atoms with Crippen LogP contribution >= 0.6 is 35.0 Å². The SMILES string of the molecule is CC(C)CC(CN)NC(=O)c1cc(F)c(F)cc1I.Cl. The number of hydrogen-bond acceptors (Lipinski definition) is 2. The van der Waals surface area contributed by atoms with Gasteiger partial charge in [-0.05, 0) is 47.1 Å². The van der Waals surface area contributed by atoms with Crippen molar-refractivity contribution < 1.29 is 13.6 Å². The van der Waals surface area contributed by atoms with Crippen molar-refractivity contribution in [1.82, 2.24) is 5.32 Å². The minimum Gasteiger partial charge on any atom is -0.348 e. The molecule has 3 N–H and O–H groups in total. The predicted octanol–water partition coefficient (Wildman–Crippen LogP) is 3.09. The van der Waals surface area contributed by atoms with Crippen LogP contribution in [0, 0.1) is 21.1 Å². The molecule has 0 radical (unpaired) electrons. The maximum absolute atomic E-state index is 13.2. The van der Waals surface area contributed by atoms with Crippen molar-refractivity contribution in [3.8, 4) is 0 Å². The Labute approximate surface area is 137 Å². The zero-order valence-electron chi connectivity index (χ0n) is 11.3. The van der Waals surface area contributed by atoms with Crippen LogP contribution in [-0.2, 0) is 0 Å². The Morgan fingerprint density at radius 3 is 2.40 bits per heavy atom. The first-order valence-electron chi connectivity index (χ1n) is 6.00. The van der Waals surface area contributed by atoms with Crippen LogP contribution in [-0.4, -0.2) is 18.5 Å². The van der Waals surface area contributed by atoms with Gasteiger partial charge in [0.1, 0.15) is 0 Å². The van der Waals surface area contributed by atoms with Crippen LogP contribution in [0.2, 0.25) is 0 Å². The molecule has 0 aliphatic heterocycles. The molecule has 1 amide bonds. The number of nitrogens with one attached hydrogen (secondary N) is 1. The number of nitrogens with two attached hydrogens (primary N) is 1. The number of amides is 1. The quantitative estimate of drug-likeness (QED) is 0.570. The largest absolute Gasteiger partial charge is 0.348 e. The van der Waals surface area contributed by atoms with E-state index in [1.54, 1.807) is 22.6 Å². The molecule has 0 fully saturated rings.